The predicted octanol–water partition coefficient (Wildman–Crippen LogP) is 1.34. The summed E-state index contributed by atoms with van der Waals surface area (Å²) in [5, 5.41) is 17.8. The molecule has 0 aromatic heterocycles. The number of hydrogen-bond donors (Lipinski definition) is 2. The summed E-state index contributed by atoms with van der Waals surface area (Å²) in [7, 11) is 0. The van der Waals surface area contributed by atoms with Gasteiger partial charge in [0, 0.05) is 0 Å². The molecule has 3 unspecified atom stereocenters. The van der Waals surface area contributed by atoms with Gasteiger partial charge >= 0.3 is 0 Å². The maximum absolute atomic E-state index is 8.93. The first-order valence-corrected chi connectivity index (χ1v) is 6.12. The third kappa shape index (κ3) is 8.05. The Bertz CT molecular complexity index is 152. The van der Waals surface area contributed by atoms with Crippen molar-refractivity contribution in [1.82, 2.24) is 0 Å². The van der Waals surface area contributed by atoms with Gasteiger partial charge in [0.05, 0.1) is 38.1 Å². The van der Waals surface area contributed by atoms with Crippen LogP contribution < -0.4 is 0 Å². The molecule has 0 saturated carbocycles. The number of rotatable bonds is 10. The van der Waals surface area contributed by atoms with Crippen molar-refractivity contribution < 1.29 is 19.7 Å². The fraction of sp³-hybridized carbons (Fsp3) is 1.00. The Labute approximate surface area is 98.6 Å². The summed E-state index contributed by atoms with van der Waals surface area (Å²) in [6.07, 6.45) is 2.82. The smallest absolute Gasteiger partial charge is 0.0813 e. The van der Waals surface area contributed by atoms with Crippen molar-refractivity contribution in [2.75, 3.05) is 19.8 Å². The minimum atomic E-state index is -0.158. The molecule has 0 spiro atoms. The summed E-state index contributed by atoms with van der Waals surface area (Å²) in [6, 6.07) is 0. The Morgan fingerprint density at radius 3 is 2.19 bits per heavy atom. The summed E-state index contributed by atoms with van der Waals surface area (Å²) in [5.74, 6) is 0. The Kier molecular flexibility index (Phi) is 9.92. The van der Waals surface area contributed by atoms with E-state index in [4.69, 9.17) is 19.7 Å². The van der Waals surface area contributed by atoms with Crippen molar-refractivity contribution >= 4 is 0 Å². The van der Waals surface area contributed by atoms with Gasteiger partial charge in [-0.25, -0.2) is 0 Å². The van der Waals surface area contributed by atoms with Crippen LogP contribution in [-0.2, 0) is 9.47 Å². The van der Waals surface area contributed by atoms with Gasteiger partial charge in [0.25, 0.3) is 0 Å². The molecule has 4 heteroatoms. The molecule has 4 nitrogen and oxygen atoms in total. The minimum Gasteiger partial charge on any atom is -0.394 e. The summed E-state index contributed by atoms with van der Waals surface area (Å²) in [4.78, 5) is 0. The zero-order chi connectivity index (χ0) is 12.4. The first-order valence-electron chi connectivity index (χ1n) is 6.12. The highest BCUT2D eigenvalue weighted by molar-refractivity contribution is 4.61. The fourth-order valence-corrected chi connectivity index (χ4v) is 1.32. The second-order valence-electron chi connectivity index (χ2n) is 4.22. The first-order chi connectivity index (χ1) is 7.63. The van der Waals surface area contributed by atoms with E-state index in [0.717, 1.165) is 19.3 Å². The zero-order valence-corrected chi connectivity index (χ0v) is 10.7. The van der Waals surface area contributed by atoms with E-state index in [1.54, 1.807) is 0 Å². The van der Waals surface area contributed by atoms with Crippen molar-refractivity contribution in [3.8, 4) is 0 Å². The molecule has 0 aliphatic rings. The number of ether oxygens (including phenoxy) is 2. The zero-order valence-electron chi connectivity index (χ0n) is 10.7. The van der Waals surface area contributed by atoms with E-state index in [-0.39, 0.29) is 31.5 Å². The van der Waals surface area contributed by atoms with Crippen LogP contribution in [0.15, 0.2) is 0 Å². The van der Waals surface area contributed by atoms with E-state index in [1.165, 1.54) is 0 Å². The molecule has 3 atom stereocenters. The predicted molar refractivity (Wildman–Crippen MR) is 63.4 cm³/mol. The SMILES string of the molecule is CCCCC(COC(C)CO)OC(C)CO. The van der Waals surface area contributed by atoms with Gasteiger partial charge in [-0.2, -0.15) is 0 Å². The van der Waals surface area contributed by atoms with Gasteiger partial charge in [0.1, 0.15) is 0 Å². The topological polar surface area (TPSA) is 58.9 Å². The van der Waals surface area contributed by atoms with Crippen LogP contribution in [0.1, 0.15) is 40.0 Å². The standard InChI is InChI=1S/C12H26O4/c1-4-5-6-12(16-11(3)8-14)9-15-10(2)7-13/h10-14H,4-9H2,1-3H3. The summed E-state index contributed by atoms with van der Waals surface area (Å²) >= 11 is 0. The lowest BCUT2D eigenvalue weighted by molar-refractivity contribution is -0.0890. The summed E-state index contributed by atoms with van der Waals surface area (Å²) < 4.78 is 11.1. The monoisotopic (exact) mass is 234 g/mol. The van der Waals surface area contributed by atoms with E-state index >= 15 is 0 Å². The van der Waals surface area contributed by atoms with Crippen molar-refractivity contribution in [3.05, 3.63) is 0 Å². The van der Waals surface area contributed by atoms with Crippen LogP contribution in [0, 0.1) is 0 Å². The molecule has 0 aliphatic carbocycles. The van der Waals surface area contributed by atoms with Crippen molar-refractivity contribution in [2.24, 2.45) is 0 Å². The molecule has 0 radical (unpaired) electrons. The van der Waals surface area contributed by atoms with Crippen LogP contribution >= 0.6 is 0 Å². The molecule has 98 valence electrons. The van der Waals surface area contributed by atoms with Crippen molar-refractivity contribution in [1.29, 1.82) is 0 Å². The Balaban J connectivity index is 3.89. The Morgan fingerprint density at radius 2 is 1.69 bits per heavy atom. The van der Waals surface area contributed by atoms with E-state index in [0.29, 0.717) is 6.61 Å². The van der Waals surface area contributed by atoms with E-state index < -0.39 is 0 Å². The molecule has 2 N–H and O–H groups in total. The molecule has 0 saturated heterocycles. The lowest BCUT2D eigenvalue weighted by Crippen LogP contribution is -2.29. The van der Waals surface area contributed by atoms with Crippen molar-refractivity contribution in [3.63, 3.8) is 0 Å². The third-order valence-electron chi connectivity index (χ3n) is 2.39. The second-order valence-corrected chi connectivity index (χ2v) is 4.22. The molecular weight excluding hydrogens is 208 g/mol. The molecule has 0 rings (SSSR count). The Morgan fingerprint density at radius 1 is 1.06 bits per heavy atom. The highest BCUT2D eigenvalue weighted by atomic mass is 16.5. The Hall–Kier alpha value is -0.160. The van der Waals surface area contributed by atoms with Gasteiger partial charge in [0.15, 0.2) is 0 Å². The highest BCUT2D eigenvalue weighted by Crippen LogP contribution is 2.09. The minimum absolute atomic E-state index is 0.0103. The maximum atomic E-state index is 8.93. The van der Waals surface area contributed by atoms with Gasteiger partial charge in [0.2, 0.25) is 0 Å². The third-order valence-corrected chi connectivity index (χ3v) is 2.39. The van der Waals surface area contributed by atoms with E-state index in [1.807, 2.05) is 13.8 Å². The molecule has 0 bridgehead atoms. The van der Waals surface area contributed by atoms with Crippen molar-refractivity contribution in [2.45, 2.75) is 58.3 Å². The average Bonchev–Trinajstić information content (AvgIpc) is 2.31. The first kappa shape index (κ1) is 15.8. The van der Waals surface area contributed by atoms with Crippen LogP contribution in [0.2, 0.25) is 0 Å². The molecular formula is C12H26O4. The molecule has 0 fully saturated rings. The van der Waals surface area contributed by atoms with E-state index in [9.17, 15) is 0 Å². The molecule has 0 amide bonds. The second kappa shape index (κ2) is 10.0. The maximum Gasteiger partial charge on any atom is 0.0813 e. The normalized spacial score (nSPS) is 17.1. The summed E-state index contributed by atoms with van der Waals surface area (Å²) in [5.41, 5.74) is 0. The summed E-state index contributed by atoms with van der Waals surface area (Å²) in [6.45, 7) is 6.32. The van der Waals surface area contributed by atoms with Crippen LogP contribution in [-0.4, -0.2) is 48.3 Å². The number of unbranched alkanes of at least 4 members (excludes halogenated alkanes) is 1. The molecule has 0 aliphatic heterocycles. The molecule has 16 heavy (non-hydrogen) atoms. The van der Waals surface area contributed by atoms with Gasteiger partial charge in [-0.15, -0.1) is 0 Å². The average molecular weight is 234 g/mol. The number of aliphatic hydroxyl groups excluding tert-OH is 2. The van der Waals surface area contributed by atoms with Crippen LogP contribution in [0.5, 0.6) is 0 Å². The van der Waals surface area contributed by atoms with Gasteiger partial charge < -0.3 is 19.7 Å². The van der Waals surface area contributed by atoms with Gasteiger partial charge in [-0.05, 0) is 20.3 Å². The van der Waals surface area contributed by atoms with Crippen LogP contribution in [0.3, 0.4) is 0 Å². The lowest BCUT2D eigenvalue weighted by Gasteiger charge is -2.22. The molecule has 0 aromatic carbocycles. The largest absolute Gasteiger partial charge is 0.394 e. The number of aliphatic hydroxyl groups is 2. The van der Waals surface area contributed by atoms with Crippen LogP contribution in [0.25, 0.3) is 0 Å². The van der Waals surface area contributed by atoms with E-state index in [2.05, 4.69) is 6.92 Å². The molecule has 0 heterocycles. The van der Waals surface area contributed by atoms with Crippen LogP contribution in [0.4, 0.5) is 0 Å². The fourth-order valence-electron chi connectivity index (χ4n) is 1.32. The van der Waals surface area contributed by atoms with Gasteiger partial charge in [-0.3, -0.25) is 0 Å². The number of hydrogen-bond acceptors (Lipinski definition) is 4. The lowest BCUT2D eigenvalue weighted by atomic mass is 10.1. The quantitative estimate of drug-likeness (QED) is 0.599. The molecule has 0 aromatic rings. The van der Waals surface area contributed by atoms with Gasteiger partial charge in [-0.1, -0.05) is 19.8 Å². The highest BCUT2D eigenvalue weighted by Gasteiger charge is 2.14.